The number of methoxy groups -OCH3 is 1. The predicted octanol–water partition coefficient (Wildman–Crippen LogP) is 4.65. The van der Waals surface area contributed by atoms with E-state index in [9.17, 15) is 9.59 Å². The molecule has 0 fully saturated rings. The van der Waals surface area contributed by atoms with Crippen LogP contribution in [0.15, 0.2) is 72.8 Å². The lowest BCUT2D eigenvalue weighted by molar-refractivity contribution is 0.0767. The molecule has 0 aliphatic carbocycles. The lowest BCUT2D eigenvalue weighted by Gasteiger charge is -2.24. The number of aromatic nitrogens is 1. The highest BCUT2D eigenvalue weighted by molar-refractivity contribution is 6.01. The molecule has 5 rings (SSSR count). The van der Waals surface area contributed by atoms with Crippen molar-refractivity contribution in [2.45, 2.75) is 19.4 Å². The fraction of sp³-hybridized carbons (Fsp3) is 0.214. The molecule has 2 heterocycles. The van der Waals surface area contributed by atoms with E-state index in [1.165, 1.54) is 0 Å². The van der Waals surface area contributed by atoms with E-state index in [2.05, 4.69) is 10.3 Å². The van der Waals surface area contributed by atoms with Gasteiger partial charge in [0, 0.05) is 42.0 Å². The van der Waals surface area contributed by atoms with E-state index >= 15 is 0 Å². The van der Waals surface area contributed by atoms with Crippen LogP contribution in [0.5, 0.6) is 5.75 Å². The van der Waals surface area contributed by atoms with Crippen molar-refractivity contribution < 1.29 is 14.3 Å². The van der Waals surface area contributed by atoms with E-state index in [1.807, 2.05) is 84.6 Å². The molecule has 2 N–H and O–H groups in total. The summed E-state index contributed by atoms with van der Waals surface area (Å²) in [5.41, 5.74) is 5.22. The zero-order valence-electron chi connectivity index (χ0n) is 19.3. The Morgan fingerprint density at radius 1 is 1.09 bits per heavy atom. The van der Waals surface area contributed by atoms with Crippen LogP contribution >= 0.6 is 0 Å². The van der Waals surface area contributed by atoms with Gasteiger partial charge in [-0.15, -0.1) is 0 Å². The van der Waals surface area contributed by atoms with Gasteiger partial charge in [-0.3, -0.25) is 9.59 Å². The number of carbonyl (C=O) groups excluding carboxylic acids is 2. The van der Waals surface area contributed by atoms with E-state index in [0.29, 0.717) is 25.3 Å². The highest BCUT2D eigenvalue weighted by Crippen LogP contribution is 2.28. The van der Waals surface area contributed by atoms with Crippen LogP contribution in [-0.2, 0) is 6.54 Å². The largest absolute Gasteiger partial charge is 0.497 e. The lowest BCUT2D eigenvalue weighted by atomic mass is 9.98. The number of hydrogen-bond acceptors (Lipinski definition) is 3. The van der Waals surface area contributed by atoms with Crippen LogP contribution in [0.4, 0.5) is 0 Å². The van der Waals surface area contributed by atoms with Crippen molar-refractivity contribution in [2.24, 2.45) is 0 Å². The number of hydrogen-bond donors (Lipinski definition) is 2. The van der Waals surface area contributed by atoms with Crippen LogP contribution in [0.2, 0.25) is 0 Å². The molecule has 6 heteroatoms. The average molecular weight is 454 g/mol. The molecule has 1 atom stereocenters. The zero-order chi connectivity index (χ0) is 23.7. The predicted molar refractivity (Wildman–Crippen MR) is 132 cm³/mol. The van der Waals surface area contributed by atoms with E-state index in [4.69, 9.17) is 4.74 Å². The molecule has 2 amide bonds. The van der Waals surface area contributed by atoms with Crippen LogP contribution in [0.3, 0.4) is 0 Å². The number of carbonyl (C=O) groups is 2. The number of H-pyrrole nitrogens is 1. The van der Waals surface area contributed by atoms with Crippen molar-refractivity contribution in [2.75, 3.05) is 20.2 Å². The summed E-state index contributed by atoms with van der Waals surface area (Å²) < 4.78 is 5.32. The molecular weight excluding hydrogens is 426 g/mol. The Morgan fingerprint density at radius 2 is 1.85 bits per heavy atom. The number of amides is 2. The van der Waals surface area contributed by atoms with Gasteiger partial charge in [-0.1, -0.05) is 48.5 Å². The summed E-state index contributed by atoms with van der Waals surface area (Å²) in [7, 11) is 1.63. The molecule has 172 valence electrons. The molecule has 4 aromatic rings. The smallest absolute Gasteiger partial charge is 0.268 e. The highest BCUT2D eigenvalue weighted by Gasteiger charge is 2.29. The highest BCUT2D eigenvalue weighted by atomic mass is 16.5. The molecule has 0 unspecified atom stereocenters. The van der Waals surface area contributed by atoms with Gasteiger partial charge in [0.25, 0.3) is 11.8 Å². The Morgan fingerprint density at radius 3 is 2.62 bits per heavy atom. The molecule has 1 aliphatic rings. The fourth-order valence-corrected chi connectivity index (χ4v) is 4.71. The summed E-state index contributed by atoms with van der Waals surface area (Å²) >= 11 is 0. The first-order chi connectivity index (χ1) is 16.5. The first-order valence-electron chi connectivity index (χ1n) is 11.4. The molecule has 1 aromatic heterocycles. The minimum atomic E-state index is -0.162. The van der Waals surface area contributed by atoms with Gasteiger partial charge < -0.3 is 19.9 Å². The number of aryl methyl sites for hydroxylation is 1. The number of rotatable bonds is 7. The van der Waals surface area contributed by atoms with Crippen LogP contribution < -0.4 is 10.1 Å². The van der Waals surface area contributed by atoms with Crippen molar-refractivity contribution in [1.82, 2.24) is 15.2 Å². The summed E-state index contributed by atoms with van der Waals surface area (Å²) in [4.78, 5) is 31.2. The normalized spacial score (nSPS) is 13.7. The Labute approximate surface area is 198 Å². The number of benzene rings is 3. The van der Waals surface area contributed by atoms with Gasteiger partial charge in [0.15, 0.2) is 0 Å². The molecule has 0 bridgehead atoms. The third kappa shape index (κ3) is 4.03. The van der Waals surface area contributed by atoms with Crippen molar-refractivity contribution in [3.63, 3.8) is 0 Å². The number of aromatic amines is 1. The molecular formula is C28H27N3O3. The number of nitrogens with zero attached hydrogens (tertiary/aromatic N) is 1. The van der Waals surface area contributed by atoms with Crippen molar-refractivity contribution in [3.8, 4) is 5.75 Å². The van der Waals surface area contributed by atoms with Gasteiger partial charge >= 0.3 is 0 Å². The van der Waals surface area contributed by atoms with Crippen LogP contribution in [0.1, 0.15) is 43.5 Å². The summed E-state index contributed by atoms with van der Waals surface area (Å²) in [5, 5.41) is 4.06. The van der Waals surface area contributed by atoms with Crippen LogP contribution in [0, 0.1) is 6.92 Å². The minimum absolute atomic E-state index is 0.0341. The molecule has 0 radical (unpaired) electrons. The Bertz CT molecular complexity index is 1360. The van der Waals surface area contributed by atoms with Crippen LogP contribution in [-0.4, -0.2) is 41.9 Å². The third-order valence-electron chi connectivity index (χ3n) is 6.61. The van der Waals surface area contributed by atoms with E-state index in [-0.39, 0.29) is 17.7 Å². The standard InChI is InChI=1S/C28H27N3O3/c1-18-24-14-22(34-2)12-13-25(24)30-26(18)27(32)29-15-21(19-8-4-3-5-9-19)17-31-16-20-10-6-7-11-23(20)28(31)33/h3-14,21,30H,15-17H2,1-2H3,(H,29,32)/t21-/m0/s1. The topological polar surface area (TPSA) is 74.4 Å². The maximum Gasteiger partial charge on any atom is 0.268 e. The SMILES string of the molecule is COc1ccc2[nH]c(C(=O)NC[C@@H](CN3Cc4ccccc4C3=O)c3ccccc3)c(C)c2c1. The number of nitrogens with one attached hydrogen (secondary N) is 2. The quantitative estimate of drug-likeness (QED) is 0.428. The first-order valence-corrected chi connectivity index (χ1v) is 11.4. The zero-order valence-corrected chi connectivity index (χ0v) is 19.3. The molecule has 34 heavy (non-hydrogen) atoms. The molecule has 3 aromatic carbocycles. The van der Waals surface area contributed by atoms with E-state index < -0.39 is 0 Å². The molecule has 0 saturated carbocycles. The van der Waals surface area contributed by atoms with Crippen molar-refractivity contribution >= 4 is 22.7 Å². The summed E-state index contributed by atoms with van der Waals surface area (Å²) in [5.74, 6) is 0.600. The summed E-state index contributed by atoms with van der Waals surface area (Å²) in [6.45, 7) is 3.47. The maximum atomic E-state index is 13.2. The maximum absolute atomic E-state index is 13.2. The Kier molecular flexibility index (Phi) is 5.80. The van der Waals surface area contributed by atoms with Crippen molar-refractivity contribution in [1.29, 1.82) is 0 Å². The van der Waals surface area contributed by atoms with Crippen molar-refractivity contribution in [3.05, 3.63) is 101 Å². The molecule has 1 aliphatic heterocycles. The van der Waals surface area contributed by atoms with E-state index in [1.54, 1.807) is 7.11 Å². The Balaban J connectivity index is 1.35. The number of fused-ring (bicyclic) bond motifs is 2. The summed E-state index contributed by atoms with van der Waals surface area (Å²) in [6.07, 6.45) is 0. The van der Waals surface area contributed by atoms with Gasteiger partial charge in [-0.05, 0) is 47.9 Å². The van der Waals surface area contributed by atoms with E-state index in [0.717, 1.165) is 38.9 Å². The second kappa shape index (κ2) is 9.06. The molecule has 0 spiro atoms. The van der Waals surface area contributed by atoms with Gasteiger partial charge in [-0.2, -0.15) is 0 Å². The fourth-order valence-electron chi connectivity index (χ4n) is 4.71. The first kappa shape index (κ1) is 21.8. The molecule has 0 saturated heterocycles. The van der Waals surface area contributed by atoms with Gasteiger partial charge in [-0.25, -0.2) is 0 Å². The Hall–Kier alpha value is -4.06. The monoisotopic (exact) mass is 453 g/mol. The second-order valence-electron chi connectivity index (χ2n) is 8.70. The third-order valence-corrected chi connectivity index (χ3v) is 6.61. The lowest BCUT2D eigenvalue weighted by Crippen LogP contribution is -2.36. The minimum Gasteiger partial charge on any atom is -0.497 e. The van der Waals surface area contributed by atoms with Crippen LogP contribution in [0.25, 0.3) is 10.9 Å². The van der Waals surface area contributed by atoms with Gasteiger partial charge in [0.1, 0.15) is 11.4 Å². The van der Waals surface area contributed by atoms with Gasteiger partial charge in [0.05, 0.1) is 7.11 Å². The number of ether oxygens (including phenoxy) is 1. The molecule has 6 nitrogen and oxygen atoms in total. The second-order valence-corrected chi connectivity index (χ2v) is 8.70. The summed E-state index contributed by atoms with van der Waals surface area (Å²) in [6, 6.07) is 23.5. The average Bonchev–Trinajstić information content (AvgIpc) is 3.38. The van der Waals surface area contributed by atoms with Gasteiger partial charge in [0.2, 0.25) is 0 Å².